The molecule has 1 aromatic carbocycles. The molecular formula is C19H28Cl2N4OS. The summed E-state index contributed by atoms with van der Waals surface area (Å²) in [7, 11) is 0. The van der Waals surface area contributed by atoms with Crippen molar-refractivity contribution in [1.29, 1.82) is 0 Å². The average Bonchev–Trinajstić information content (AvgIpc) is 3.18. The number of aromatic nitrogens is 1. The Morgan fingerprint density at radius 3 is 2.59 bits per heavy atom. The highest BCUT2D eigenvalue weighted by atomic mass is 35.5. The number of likely N-dealkylation sites (tertiary alicyclic amines) is 1. The molecule has 3 N–H and O–H groups in total. The summed E-state index contributed by atoms with van der Waals surface area (Å²) in [5.41, 5.74) is 8.35. The van der Waals surface area contributed by atoms with Crippen LogP contribution >= 0.6 is 36.2 Å². The third kappa shape index (κ3) is 5.90. The highest BCUT2D eigenvalue weighted by Gasteiger charge is 2.33. The molecule has 1 amide bonds. The molecule has 1 aliphatic heterocycles. The van der Waals surface area contributed by atoms with Gasteiger partial charge in [-0.3, -0.25) is 9.69 Å². The molecule has 27 heavy (non-hydrogen) atoms. The van der Waals surface area contributed by atoms with Crippen molar-refractivity contribution in [2.24, 2.45) is 11.7 Å². The van der Waals surface area contributed by atoms with E-state index in [-0.39, 0.29) is 30.7 Å². The van der Waals surface area contributed by atoms with Gasteiger partial charge >= 0.3 is 0 Å². The lowest BCUT2D eigenvalue weighted by Crippen LogP contribution is -2.32. The lowest BCUT2D eigenvalue weighted by Gasteiger charge is -2.16. The Morgan fingerprint density at radius 1 is 1.30 bits per heavy atom. The predicted molar refractivity (Wildman–Crippen MR) is 118 cm³/mol. The van der Waals surface area contributed by atoms with Crippen molar-refractivity contribution >= 4 is 47.2 Å². The highest BCUT2D eigenvalue weighted by molar-refractivity contribution is 7.15. The van der Waals surface area contributed by atoms with Crippen LogP contribution in [0.2, 0.25) is 0 Å². The minimum Gasteiger partial charge on any atom is -0.330 e. The largest absolute Gasteiger partial charge is 0.330 e. The van der Waals surface area contributed by atoms with Crippen molar-refractivity contribution in [3.8, 4) is 0 Å². The smallest absolute Gasteiger partial charge is 0.240 e. The first kappa shape index (κ1) is 23.9. The maximum absolute atomic E-state index is 12.4. The van der Waals surface area contributed by atoms with Crippen LogP contribution in [-0.4, -0.2) is 42.0 Å². The van der Waals surface area contributed by atoms with E-state index < -0.39 is 0 Å². The average molecular weight is 431 g/mol. The lowest BCUT2D eigenvalue weighted by atomic mass is 9.89. The molecular weight excluding hydrogens is 403 g/mol. The van der Waals surface area contributed by atoms with E-state index in [2.05, 4.69) is 46.4 Å². The standard InChI is InChI=1S/C19H26N4OS.2ClH/c1-3-17-13(2)25-19(21-17)22-18(24)12-23-10-15(9-20)16(11-23)14-7-5-4-6-8-14;;/h4-8,15-16H,3,9-12,20H2,1-2H3,(H,21,22,24);2*1H/t15-,16+;;/m1../s1. The molecule has 0 aliphatic carbocycles. The number of nitrogens with zero attached hydrogens (tertiary/aromatic N) is 2. The first-order chi connectivity index (χ1) is 12.1. The summed E-state index contributed by atoms with van der Waals surface area (Å²) in [5.74, 6) is 0.790. The topological polar surface area (TPSA) is 71.2 Å². The van der Waals surface area contributed by atoms with Gasteiger partial charge in [0.05, 0.1) is 12.2 Å². The number of halogens is 2. The van der Waals surface area contributed by atoms with Crippen LogP contribution in [0.3, 0.4) is 0 Å². The molecule has 3 rings (SSSR count). The summed E-state index contributed by atoms with van der Waals surface area (Å²) < 4.78 is 0. The molecule has 2 aromatic rings. The summed E-state index contributed by atoms with van der Waals surface area (Å²) >= 11 is 1.55. The van der Waals surface area contributed by atoms with Crippen molar-refractivity contribution in [1.82, 2.24) is 9.88 Å². The van der Waals surface area contributed by atoms with Crippen LogP contribution in [0.1, 0.15) is 29.0 Å². The van der Waals surface area contributed by atoms with Crippen LogP contribution in [0.4, 0.5) is 5.13 Å². The Balaban J connectivity index is 0.00000182. The van der Waals surface area contributed by atoms with Crippen molar-refractivity contribution in [2.75, 3.05) is 31.5 Å². The molecule has 1 aromatic heterocycles. The van der Waals surface area contributed by atoms with Gasteiger partial charge in [-0.25, -0.2) is 4.98 Å². The predicted octanol–water partition coefficient (Wildman–Crippen LogP) is 3.47. The number of aryl methyl sites for hydroxylation is 2. The SMILES string of the molecule is CCc1nc(NC(=O)CN2C[C@@H](CN)[C@H](c3ccccc3)C2)sc1C.Cl.Cl. The monoisotopic (exact) mass is 430 g/mol. The number of hydrogen-bond acceptors (Lipinski definition) is 5. The number of thiazole rings is 1. The van der Waals surface area contributed by atoms with E-state index in [4.69, 9.17) is 5.73 Å². The summed E-state index contributed by atoms with van der Waals surface area (Å²) in [6.07, 6.45) is 0.890. The summed E-state index contributed by atoms with van der Waals surface area (Å²) in [6.45, 7) is 6.89. The zero-order valence-corrected chi connectivity index (χ0v) is 18.1. The van der Waals surface area contributed by atoms with Crippen molar-refractivity contribution in [3.05, 3.63) is 46.5 Å². The van der Waals surface area contributed by atoms with Gasteiger partial charge < -0.3 is 11.1 Å². The fraction of sp³-hybridized carbons (Fsp3) is 0.474. The van der Waals surface area contributed by atoms with E-state index in [1.807, 2.05) is 13.0 Å². The maximum Gasteiger partial charge on any atom is 0.240 e. The second-order valence-corrected chi connectivity index (χ2v) is 7.83. The second kappa shape index (κ2) is 11.0. The number of benzene rings is 1. The molecule has 0 saturated carbocycles. The molecule has 1 saturated heterocycles. The first-order valence-electron chi connectivity index (χ1n) is 8.84. The molecule has 1 aliphatic rings. The number of nitrogens with two attached hydrogens (primary N) is 1. The van der Waals surface area contributed by atoms with E-state index in [9.17, 15) is 4.79 Å². The molecule has 150 valence electrons. The van der Waals surface area contributed by atoms with Crippen LogP contribution in [-0.2, 0) is 11.2 Å². The van der Waals surface area contributed by atoms with Crippen LogP contribution in [0.25, 0.3) is 0 Å². The van der Waals surface area contributed by atoms with E-state index in [1.54, 1.807) is 11.3 Å². The third-order valence-corrected chi connectivity index (χ3v) is 5.82. The minimum atomic E-state index is 0. The number of nitrogens with one attached hydrogen (secondary N) is 1. The van der Waals surface area contributed by atoms with Gasteiger partial charge in [-0.2, -0.15) is 0 Å². The summed E-state index contributed by atoms with van der Waals surface area (Å²) in [5, 5.41) is 3.65. The number of carbonyl (C=O) groups excluding carboxylic acids is 1. The van der Waals surface area contributed by atoms with Gasteiger partial charge in [-0.05, 0) is 31.4 Å². The van der Waals surface area contributed by atoms with Crippen molar-refractivity contribution < 1.29 is 4.79 Å². The summed E-state index contributed by atoms with van der Waals surface area (Å²) in [6, 6.07) is 10.5. The molecule has 1 fully saturated rings. The van der Waals surface area contributed by atoms with Crippen LogP contribution < -0.4 is 11.1 Å². The van der Waals surface area contributed by atoms with Gasteiger partial charge in [0.1, 0.15) is 0 Å². The number of rotatable bonds is 6. The van der Waals surface area contributed by atoms with E-state index in [0.717, 1.165) is 25.2 Å². The Labute approximate surface area is 177 Å². The van der Waals surface area contributed by atoms with Crippen molar-refractivity contribution in [2.45, 2.75) is 26.2 Å². The quantitative estimate of drug-likeness (QED) is 0.735. The molecule has 2 atom stereocenters. The molecule has 0 radical (unpaired) electrons. The Bertz CT molecular complexity index is 726. The van der Waals surface area contributed by atoms with Crippen molar-refractivity contribution in [3.63, 3.8) is 0 Å². The van der Waals surface area contributed by atoms with Crippen LogP contribution in [0, 0.1) is 12.8 Å². The van der Waals surface area contributed by atoms with Gasteiger partial charge in [0.15, 0.2) is 5.13 Å². The number of hydrogen-bond donors (Lipinski definition) is 2. The third-order valence-electron chi connectivity index (χ3n) is 4.89. The maximum atomic E-state index is 12.4. The zero-order chi connectivity index (χ0) is 17.8. The van der Waals surface area contributed by atoms with Crippen LogP contribution in [0.15, 0.2) is 30.3 Å². The highest BCUT2D eigenvalue weighted by Crippen LogP contribution is 2.32. The first-order valence-corrected chi connectivity index (χ1v) is 9.65. The Morgan fingerprint density at radius 2 is 2.00 bits per heavy atom. The van der Waals surface area contributed by atoms with E-state index in [0.29, 0.717) is 30.1 Å². The minimum absolute atomic E-state index is 0. The Hall–Kier alpha value is -1.18. The van der Waals surface area contributed by atoms with Gasteiger partial charge in [0.2, 0.25) is 5.91 Å². The number of anilines is 1. The molecule has 2 heterocycles. The zero-order valence-electron chi connectivity index (χ0n) is 15.7. The fourth-order valence-electron chi connectivity index (χ4n) is 3.58. The Kier molecular flexibility index (Phi) is 9.70. The van der Waals surface area contributed by atoms with Gasteiger partial charge in [0, 0.05) is 23.9 Å². The normalized spacial score (nSPS) is 19.2. The number of amides is 1. The number of carbonyl (C=O) groups is 1. The molecule has 0 spiro atoms. The lowest BCUT2D eigenvalue weighted by molar-refractivity contribution is -0.117. The van der Waals surface area contributed by atoms with Gasteiger partial charge in [0.25, 0.3) is 0 Å². The summed E-state index contributed by atoms with van der Waals surface area (Å²) in [4.78, 5) is 20.3. The molecule has 8 heteroatoms. The van der Waals surface area contributed by atoms with Gasteiger partial charge in [-0.1, -0.05) is 37.3 Å². The van der Waals surface area contributed by atoms with E-state index in [1.165, 1.54) is 10.4 Å². The molecule has 5 nitrogen and oxygen atoms in total. The van der Waals surface area contributed by atoms with Crippen LogP contribution in [0.5, 0.6) is 0 Å². The second-order valence-electron chi connectivity index (χ2n) is 6.63. The van der Waals surface area contributed by atoms with E-state index >= 15 is 0 Å². The molecule has 0 bridgehead atoms. The van der Waals surface area contributed by atoms with Gasteiger partial charge in [-0.15, -0.1) is 36.2 Å². The fourth-order valence-corrected chi connectivity index (χ4v) is 4.50. The molecule has 0 unspecified atom stereocenters.